The lowest BCUT2D eigenvalue weighted by atomic mass is 10.3. The molecule has 1 aliphatic rings. The number of thiazole rings is 1. The van der Waals surface area contributed by atoms with Crippen LogP contribution in [0.1, 0.15) is 0 Å². The highest BCUT2D eigenvalue weighted by molar-refractivity contribution is 7.13. The highest BCUT2D eigenvalue weighted by atomic mass is 32.1. The molecule has 0 radical (unpaired) electrons. The van der Waals surface area contributed by atoms with E-state index in [4.69, 9.17) is 5.73 Å². The first-order chi connectivity index (χ1) is 8.83. The Hall–Kier alpha value is -1.89. The van der Waals surface area contributed by atoms with E-state index in [1.165, 1.54) is 0 Å². The molecule has 0 atom stereocenters. The predicted octanol–water partition coefficient (Wildman–Crippen LogP) is 0.842. The van der Waals surface area contributed by atoms with Crippen molar-refractivity contribution in [2.75, 3.05) is 41.7 Å². The van der Waals surface area contributed by atoms with Gasteiger partial charge in [-0.05, 0) is 0 Å². The number of piperazine rings is 1. The zero-order valence-corrected chi connectivity index (χ0v) is 10.7. The first kappa shape index (κ1) is 11.2. The smallest absolute Gasteiger partial charge is 0.225 e. The van der Waals surface area contributed by atoms with E-state index in [0.29, 0.717) is 5.69 Å². The van der Waals surface area contributed by atoms with E-state index in [2.05, 4.69) is 24.8 Å². The summed E-state index contributed by atoms with van der Waals surface area (Å²) in [6.45, 7) is 3.70. The fourth-order valence-corrected chi connectivity index (χ4v) is 2.66. The number of aromatic nitrogens is 3. The van der Waals surface area contributed by atoms with E-state index >= 15 is 0 Å². The molecule has 2 aromatic heterocycles. The number of anilines is 3. The van der Waals surface area contributed by atoms with Gasteiger partial charge in [0.25, 0.3) is 0 Å². The molecular weight excluding hydrogens is 248 g/mol. The standard InChI is InChI=1S/C11H14N6S/c12-9-7-14-10(15-8-9)16-2-4-17(5-3-16)11-13-1-6-18-11/h1,6-8H,2-5,12H2. The summed E-state index contributed by atoms with van der Waals surface area (Å²) in [5.41, 5.74) is 6.18. The van der Waals surface area contributed by atoms with Crippen LogP contribution in [-0.4, -0.2) is 41.1 Å². The number of hydrogen-bond acceptors (Lipinski definition) is 7. The van der Waals surface area contributed by atoms with E-state index in [9.17, 15) is 0 Å². The van der Waals surface area contributed by atoms with Gasteiger partial charge in [-0.3, -0.25) is 0 Å². The minimum Gasteiger partial charge on any atom is -0.396 e. The number of nitrogens with two attached hydrogens (primary N) is 1. The third-order valence-corrected chi connectivity index (χ3v) is 3.74. The minimum absolute atomic E-state index is 0.597. The number of rotatable bonds is 2. The fourth-order valence-electron chi connectivity index (χ4n) is 1.96. The molecule has 7 heteroatoms. The summed E-state index contributed by atoms with van der Waals surface area (Å²) in [5.74, 6) is 0.753. The van der Waals surface area contributed by atoms with Gasteiger partial charge < -0.3 is 15.5 Å². The van der Waals surface area contributed by atoms with Crippen LogP contribution in [0, 0.1) is 0 Å². The van der Waals surface area contributed by atoms with Gasteiger partial charge in [-0.1, -0.05) is 0 Å². The highest BCUT2D eigenvalue weighted by Gasteiger charge is 2.20. The van der Waals surface area contributed by atoms with Crippen molar-refractivity contribution < 1.29 is 0 Å². The molecule has 0 aromatic carbocycles. The molecule has 0 aliphatic carbocycles. The molecule has 3 rings (SSSR count). The molecule has 0 amide bonds. The lowest BCUT2D eigenvalue weighted by Gasteiger charge is -2.34. The molecule has 1 aliphatic heterocycles. The maximum absolute atomic E-state index is 5.58. The Labute approximate surface area is 109 Å². The van der Waals surface area contributed by atoms with Gasteiger partial charge in [0.15, 0.2) is 5.13 Å². The van der Waals surface area contributed by atoms with Crippen LogP contribution < -0.4 is 15.5 Å². The van der Waals surface area contributed by atoms with Crippen LogP contribution in [0.3, 0.4) is 0 Å². The first-order valence-corrected chi connectivity index (χ1v) is 6.68. The van der Waals surface area contributed by atoms with Crippen LogP contribution in [0.25, 0.3) is 0 Å². The second kappa shape index (κ2) is 4.77. The van der Waals surface area contributed by atoms with Crippen molar-refractivity contribution in [2.45, 2.75) is 0 Å². The number of nitrogen functional groups attached to an aromatic ring is 1. The monoisotopic (exact) mass is 262 g/mol. The lowest BCUT2D eigenvalue weighted by molar-refractivity contribution is 0.639. The quantitative estimate of drug-likeness (QED) is 0.865. The molecule has 1 fully saturated rings. The van der Waals surface area contributed by atoms with Gasteiger partial charge >= 0.3 is 0 Å². The third kappa shape index (κ3) is 2.21. The average molecular weight is 262 g/mol. The van der Waals surface area contributed by atoms with E-state index in [-0.39, 0.29) is 0 Å². The van der Waals surface area contributed by atoms with Gasteiger partial charge in [-0.2, -0.15) is 0 Å². The molecule has 6 nitrogen and oxygen atoms in total. The largest absolute Gasteiger partial charge is 0.396 e. The third-order valence-electron chi connectivity index (χ3n) is 2.91. The van der Waals surface area contributed by atoms with Gasteiger partial charge in [0, 0.05) is 37.8 Å². The molecule has 0 unspecified atom stereocenters. The van der Waals surface area contributed by atoms with Crippen LogP contribution in [0.2, 0.25) is 0 Å². The molecule has 2 aromatic rings. The Morgan fingerprint density at radius 1 is 1.00 bits per heavy atom. The summed E-state index contributed by atoms with van der Waals surface area (Å²) in [7, 11) is 0. The summed E-state index contributed by atoms with van der Waals surface area (Å²) >= 11 is 1.68. The fraction of sp³-hybridized carbons (Fsp3) is 0.364. The molecule has 0 bridgehead atoms. The molecule has 0 saturated carbocycles. The molecule has 3 heterocycles. The Bertz CT molecular complexity index is 489. The predicted molar refractivity (Wildman–Crippen MR) is 73.0 cm³/mol. The van der Waals surface area contributed by atoms with E-state index in [1.807, 2.05) is 11.6 Å². The Morgan fingerprint density at radius 2 is 1.67 bits per heavy atom. The summed E-state index contributed by atoms with van der Waals surface area (Å²) in [6, 6.07) is 0. The van der Waals surface area contributed by atoms with Gasteiger partial charge in [-0.15, -0.1) is 11.3 Å². The normalized spacial score (nSPS) is 16.0. The molecule has 18 heavy (non-hydrogen) atoms. The van der Waals surface area contributed by atoms with Crippen LogP contribution >= 0.6 is 11.3 Å². The number of nitrogens with zero attached hydrogens (tertiary/aromatic N) is 5. The van der Waals surface area contributed by atoms with E-state index in [1.54, 1.807) is 23.7 Å². The molecule has 2 N–H and O–H groups in total. The van der Waals surface area contributed by atoms with Crippen LogP contribution in [0.15, 0.2) is 24.0 Å². The average Bonchev–Trinajstić information content (AvgIpc) is 2.94. The maximum atomic E-state index is 5.58. The van der Waals surface area contributed by atoms with Crippen molar-refractivity contribution in [1.82, 2.24) is 15.0 Å². The maximum Gasteiger partial charge on any atom is 0.225 e. The molecule has 0 spiro atoms. The Balaban J connectivity index is 1.65. The van der Waals surface area contributed by atoms with Crippen molar-refractivity contribution in [3.8, 4) is 0 Å². The van der Waals surface area contributed by atoms with E-state index in [0.717, 1.165) is 37.3 Å². The summed E-state index contributed by atoms with van der Waals surface area (Å²) < 4.78 is 0. The van der Waals surface area contributed by atoms with Gasteiger partial charge in [0.1, 0.15) is 0 Å². The second-order valence-electron chi connectivity index (χ2n) is 4.11. The first-order valence-electron chi connectivity index (χ1n) is 5.80. The van der Waals surface area contributed by atoms with Crippen LogP contribution in [-0.2, 0) is 0 Å². The van der Waals surface area contributed by atoms with Crippen LogP contribution in [0.4, 0.5) is 16.8 Å². The zero-order valence-electron chi connectivity index (χ0n) is 9.86. The Morgan fingerprint density at radius 3 is 2.28 bits per heavy atom. The molecular formula is C11H14N6S. The van der Waals surface area contributed by atoms with Crippen molar-refractivity contribution in [2.24, 2.45) is 0 Å². The SMILES string of the molecule is Nc1cnc(N2CCN(c3nccs3)CC2)nc1. The van der Waals surface area contributed by atoms with Crippen molar-refractivity contribution in [1.29, 1.82) is 0 Å². The lowest BCUT2D eigenvalue weighted by Crippen LogP contribution is -2.47. The van der Waals surface area contributed by atoms with Gasteiger partial charge in [-0.25, -0.2) is 15.0 Å². The second-order valence-corrected chi connectivity index (χ2v) is 4.98. The van der Waals surface area contributed by atoms with E-state index < -0.39 is 0 Å². The minimum atomic E-state index is 0.597. The topological polar surface area (TPSA) is 71.2 Å². The Kier molecular flexibility index (Phi) is 2.97. The van der Waals surface area contributed by atoms with Gasteiger partial charge in [0.2, 0.25) is 5.95 Å². The zero-order chi connectivity index (χ0) is 12.4. The summed E-state index contributed by atoms with van der Waals surface area (Å²) in [6.07, 6.45) is 5.14. The highest BCUT2D eigenvalue weighted by Crippen LogP contribution is 2.20. The molecule has 1 saturated heterocycles. The van der Waals surface area contributed by atoms with Crippen LogP contribution in [0.5, 0.6) is 0 Å². The molecule has 94 valence electrons. The van der Waals surface area contributed by atoms with Crippen molar-refractivity contribution in [3.63, 3.8) is 0 Å². The van der Waals surface area contributed by atoms with Crippen molar-refractivity contribution in [3.05, 3.63) is 24.0 Å². The summed E-state index contributed by atoms with van der Waals surface area (Å²) in [4.78, 5) is 17.3. The number of hydrogen-bond donors (Lipinski definition) is 1. The van der Waals surface area contributed by atoms with Crippen molar-refractivity contribution >= 4 is 28.1 Å². The summed E-state index contributed by atoms with van der Waals surface area (Å²) in [5, 5.41) is 3.10. The van der Waals surface area contributed by atoms with Gasteiger partial charge in [0.05, 0.1) is 18.1 Å².